The molecule has 0 bridgehead atoms. The molecule has 2 fully saturated rings. The number of carbonyl (C=O) groups is 1. The van der Waals surface area contributed by atoms with E-state index >= 15 is 0 Å². The van der Waals surface area contributed by atoms with Crippen molar-refractivity contribution in [1.29, 1.82) is 0 Å². The molecule has 0 unspecified atom stereocenters. The molecule has 7 nitrogen and oxygen atoms in total. The van der Waals surface area contributed by atoms with Gasteiger partial charge in [0.25, 0.3) is 6.01 Å². The summed E-state index contributed by atoms with van der Waals surface area (Å²) >= 11 is 6.01. The van der Waals surface area contributed by atoms with Crippen molar-refractivity contribution < 1.29 is 18.7 Å². The largest absolute Gasteiger partial charge is 0.423 e. The van der Waals surface area contributed by atoms with Crippen LogP contribution in [0.2, 0.25) is 5.02 Å². The second-order valence-corrected chi connectivity index (χ2v) is 7.56. The van der Waals surface area contributed by atoms with E-state index in [-0.39, 0.29) is 24.0 Å². The fourth-order valence-corrected chi connectivity index (χ4v) is 3.93. The van der Waals surface area contributed by atoms with Gasteiger partial charge in [-0.15, -0.1) is 0 Å². The van der Waals surface area contributed by atoms with Crippen LogP contribution in [-0.4, -0.2) is 56.5 Å². The maximum Gasteiger partial charge on any atom is 0.298 e. The smallest absolute Gasteiger partial charge is 0.298 e. The van der Waals surface area contributed by atoms with Crippen molar-refractivity contribution in [3.63, 3.8) is 0 Å². The average Bonchev–Trinajstić information content (AvgIpc) is 3.11. The predicted octanol–water partition coefficient (Wildman–Crippen LogP) is 2.62. The third kappa shape index (κ3) is 4.05. The second-order valence-electron chi connectivity index (χ2n) is 7.12. The first-order chi connectivity index (χ1) is 13.1. The van der Waals surface area contributed by atoms with E-state index in [9.17, 15) is 4.79 Å². The number of benzene rings is 1. The molecule has 2 aliphatic heterocycles. The van der Waals surface area contributed by atoms with Crippen molar-refractivity contribution in [2.24, 2.45) is 5.92 Å². The molecule has 2 aromatic rings. The highest BCUT2D eigenvalue weighted by Crippen LogP contribution is 2.28. The van der Waals surface area contributed by atoms with Crippen molar-refractivity contribution in [3.05, 3.63) is 23.2 Å². The van der Waals surface area contributed by atoms with E-state index in [1.165, 1.54) is 0 Å². The fourth-order valence-electron chi connectivity index (χ4n) is 3.76. The Morgan fingerprint density at radius 1 is 1.33 bits per heavy atom. The van der Waals surface area contributed by atoms with Crippen molar-refractivity contribution in [3.8, 4) is 0 Å². The van der Waals surface area contributed by atoms with E-state index in [0.717, 1.165) is 37.9 Å². The van der Waals surface area contributed by atoms with Crippen molar-refractivity contribution in [2.75, 3.05) is 38.3 Å². The van der Waals surface area contributed by atoms with Crippen LogP contribution in [0.1, 0.15) is 19.3 Å². The number of anilines is 1. The number of hydrogen-bond acceptors (Lipinski definition) is 6. The molecular formula is C19H24ClN3O4. The number of ether oxygens (including phenoxy) is 2. The highest BCUT2D eigenvalue weighted by Gasteiger charge is 2.32. The van der Waals surface area contributed by atoms with Gasteiger partial charge in [0, 0.05) is 43.8 Å². The van der Waals surface area contributed by atoms with Gasteiger partial charge in [-0.05, 0) is 31.4 Å². The molecule has 2 saturated heterocycles. The molecular weight excluding hydrogens is 370 g/mol. The molecule has 0 radical (unpaired) electrons. The molecule has 0 aliphatic carbocycles. The minimum absolute atomic E-state index is 0.000392. The number of amides is 1. The molecule has 4 rings (SSSR count). The minimum atomic E-state index is -0.0747. The van der Waals surface area contributed by atoms with Crippen molar-refractivity contribution in [1.82, 2.24) is 10.3 Å². The number of carbonyl (C=O) groups excluding carboxylic acids is 1. The van der Waals surface area contributed by atoms with Gasteiger partial charge in [-0.2, -0.15) is 4.98 Å². The lowest BCUT2D eigenvalue weighted by molar-refractivity contribution is -0.129. The molecule has 8 heteroatoms. The van der Waals surface area contributed by atoms with Gasteiger partial charge in [0.1, 0.15) is 11.6 Å². The third-order valence-corrected chi connectivity index (χ3v) is 5.65. The molecule has 3 heterocycles. The Bertz CT molecular complexity index is 803. The average molecular weight is 394 g/mol. The summed E-state index contributed by atoms with van der Waals surface area (Å²) in [7, 11) is 1.66. The number of methoxy groups -OCH3 is 1. The molecule has 2 atom stereocenters. The normalized spacial score (nSPS) is 24.3. The zero-order valence-electron chi connectivity index (χ0n) is 15.3. The number of halogens is 1. The lowest BCUT2D eigenvalue weighted by Crippen LogP contribution is -2.52. The molecule has 27 heavy (non-hydrogen) atoms. The van der Waals surface area contributed by atoms with Gasteiger partial charge >= 0.3 is 0 Å². The fraction of sp³-hybridized carbons (Fsp3) is 0.579. The standard InChI is InChI=1S/C19H24ClN3O4/c1-25-17-11-26-9-6-15(17)21-18(24)12-4-7-23(8-5-12)19-22-14-3-2-13(20)10-16(14)27-19/h2-3,10,12,15,17H,4-9,11H2,1H3,(H,21,24)/t15-,17-/m0/s1. The van der Waals surface area contributed by atoms with Crippen LogP contribution < -0.4 is 10.2 Å². The van der Waals surface area contributed by atoms with E-state index in [1.54, 1.807) is 19.2 Å². The molecule has 1 aromatic carbocycles. The lowest BCUT2D eigenvalue weighted by Gasteiger charge is -2.34. The number of rotatable bonds is 4. The molecule has 1 aromatic heterocycles. The number of nitrogens with one attached hydrogen (secondary N) is 1. The van der Waals surface area contributed by atoms with Crippen LogP contribution >= 0.6 is 11.6 Å². The zero-order chi connectivity index (χ0) is 18.8. The van der Waals surface area contributed by atoms with Crippen LogP contribution in [0.3, 0.4) is 0 Å². The summed E-state index contributed by atoms with van der Waals surface area (Å²) in [6, 6.07) is 6.04. The lowest BCUT2D eigenvalue weighted by atomic mass is 9.95. The number of piperidine rings is 1. The quantitative estimate of drug-likeness (QED) is 0.860. The summed E-state index contributed by atoms with van der Waals surface area (Å²) < 4.78 is 16.7. The Labute approximate surface area is 162 Å². The Morgan fingerprint density at radius 2 is 2.15 bits per heavy atom. The SMILES string of the molecule is CO[C@H]1COCC[C@@H]1NC(=O)C1CCN(c2nc3ccc(Cl)cc3o2)CC1. The van der Waals surface area contributed by atoms with Crippen LogP contribution in [0.4, 0.5) is 6.01 Å². The molecule has 2 aliphatic rings. The van der Waals surface area contributed by atoms with Gasteiger partial charge in [-0.1, -0.05) is 11.6 Å². The molecule has 146 valence electrons. The molecule has 1 N–H and O–H groups in total. The number of hydrogen-bond donors (Lipinski definition) is 1. The van der Waals surface area contributed by atoms with E-state index in [4.69, 9.17) is 25.5 Å². The van der Waals surface area contributed by atoms with Crippen LogP contribution in [0, 0.1) is 5.92 Å². The summed E-state index contributed by atoms with van der Waals surface area (Å²) in [6.45, 7) is 2.66. The van der Waals surface area contributed by atoms with Gasteiger partial charge in [-0.25, -0.2) is 0 Å². The highest BCUT2D eigenvalue weighted by molar-refractivity contribution is 6.31. The Kier molecular flexibility index (Phi) is 5.52. The van der Waals surface area contributed by atoms with Crippen LogP contribution in [0.25, 0.3) is 11.1 Å². The molecule has 0 saturated carbocycles. The maximum atomic E-state index is 12.7. The monoisotopic (exact) mass is 393 g/mol. The molecule has 0 spiro atoms. The predicted molar refractivity (Wildman–Crippen MR) is 102 cm³/mol. The van der Waals surface area contributed by atoms with Crippen molar-refractivity contribution in [2.45, 2.75) is 31.4 Å². The van der Waals surface area contributed by atoms with E-state index in [2.05, 4.69) is 15.2 Å². The van der Waals surface area contributed by atoms with E-state index in [0.29, 0.717) is 29.8 Å². The first kappa shape index (κ1) is 18.5. The third-order valence-electron chi connectivity index (χ3n) is 5.41. The maximum absolute atomic E-state index is 12.7. The van der Waals surface area contributed by atoms with E-state index < -0.39 is 0 Å². The summed E-state index contributed by atoms with van der Waals surface area (Å²) in [5, 5.41) is 3.78. The topological polar surface area (TPSA) is 76.8 Å². The van der Waals surface area contributed by atoms with Crippen molar-refractivity contribution >= 4 is 34.6 Å². The summed E-state index contributed by atoms with van der Waals surface area (Å²) in [4.78, 5) is 19.3. The minimum Gasteiger partial charge on any atom is -0.423 e. The Morgan fingerprint density at radius 3 is 2.93 bits per heavy atom. The summed E-state index contributed by atoms with van der Waals surface area (Å²) in [5.74, 6) is 0.105. The number of aromatic nitrogens is 1. The number of oxazole rings is 1. The van der Waals surface area contributed by atoms with Gasteiger partial charge < -0.3 is 24.1 Å². The van der Waals surface area contributed by atoms with Crippen LogP contribution in [0.5, 0.6) is 0 Å². The van der Waals surface area contributed by atoms with Crippen LogP contribution in [0.15, 0.2) is 22.6 Å². The van der Waals surface area contributed by atoms with Gasteiger partial charge in [0.15, 0.2) is 5.58 Å². The number of nitrogens with zero attached hydrogens (tertiary/aromatic N) is 2. The van der Waals surface area contributed by atoms with Gasteiger partial charge in [-0.3, -0.25) is 4.79 Å². The van der Waals surface area contributed by atoms with Crippen LogP contribution in [-0.2, 0) is 14.3 Å². The zero-order valence-corrected chi connectivity index (χ0v) is 16.1. The first-order valence-electron chi connectivity index (χ1n) is 9.36. The first-order valence-corrected chi connectivity index (χ1v) is 9.74. The summed E-state index contributed by atoms with van der Waals surface area (Å²) in [6.07, 6.45) is 2.25. The Balaban J connectivity index is 1.34. The number of fused-ring (bicyclic) bond motifs is 1. The highest BCUT2D eigenvalue weighted by atomic mass is 35.5. The summed E-state index contributed by atoms with van der Waals surface area (Å²) in [5.41, 5.74) is 1.47. The second kappa shape index (κ2) is 8.04. The van der Waals surface area contributed by atoms with E-state index in [1.807, 2.05) is 6.07 Å². The Hall–Kier alpha value is -1.83. The van der Waals surface area contributed by atoms with Gasteiger partial charge in [0.05, 0.1) is 12.6 Å². The molecule has 1 amide bonds. The van der Waals surface area contributed by atoms with Gasteiger partial charge in [0.2, 0.25) is 5.91 Å².